The zero-order chi connectivity index (χ0) is 12.0. The summed E-state index contributed by atoms with van der Waals surface area (Å²) in [6.45, 7) is 2.02. The molecule has 5 heteroatoms. The fourth-order valence-electron chi connectivity index (χ4n) is 1.42. The smallest absolute Gasteiger partial charge is 0.254 e. The Morgan fingerprint density at radius 2 is 2.00 bits per heavy atom. The van der Waals surface area contributed by atoms with E-state index in [1.807, 2.05) is 0 Å². The van der Waals surface area contributed by atoms with E-state index in [4.69, 9.17) is 10.2 Å². The third-order valence-electron chi connectivity index (χ3n) is 2.17. The zero-order valence-electron chi connectivity index (χ0n) is 9.26. The van der Waals surface area contributed by atoms with Crippen LogP contribution in [0.15, 0.2) is 18.3 Å². The van der Waals surface area contributed by atoms with Crippen molar-refractivity contribution in [2.45, 2.75) is 6.92 Å². The van der Waals surface area contributed by atoms with Gasteiger partial charge in [0.15, 0.2) is 0 Å². The summed E-state index contributed by atoms with van der Waals surface area (Å²) in [5, 5.41) is 17.7. The van der Waals surface area contributed by atoms with Gasteiger partial charge in [0.2, 0.25) is 0 Å². The van der Waals surface area contributed by atoms with Crippen LogP contribution in [-0.2, 0) is 0 Å². The van der Waals surface area contributed by atoms with Gasteiger partial charge in [0, 0.05) is 30.5 Å². The van der Waals surface area contributed by atoms with Gasteiger partial charge in [0.25, 0.3) is 5.91 Å². The van der Waals surface area contributed by atoms with Crippen molar-refractivity contribution in [1.82, 2.24) is 9.88 Å². The highest BCUT2D eigenvalue weighted by Gasteiger charge is 2.14. The quantitative estimate of drug-likeness (QED) is 0.727. The number of nitrogens with zero attached hydrogens (tertiary/aromatic N) is 2. The molecule has 0 fully saturated rings. The minimum absolute atomic E-state index is 0.115. The number of aliphatic hydroxyl groups is 2. The number of rotatable bonds is 5. The highest BCUT2D eigenvalue weighted by molar-refractivity contribution is 5.94. The standard InChI is InChI=1S/C11H16N2O3/c1-9-8-10(2-3-12-9)11(16)13(4-6-14)5-7-15/h2-3,8,14-15H,4-7H2,1H3. The monoisotopic (exact) mass is 224 g/mol. The van der Waals surface area contributed by atoms with E-state index in [0.29, 0.717) is 5.56 Å². The van der Waals surface area contributed by atoms with Gasteiger partial charge in [-0.1, -0.05) is 0 Å². The maximum Gasteiger partial charge on any atom is 0.254 e. The summed E-state index contributed by atoms with van der Waals surface area (Å²) < 4.78 is 0. The molecule has 0 radical (unpaired) electrons. The van der Waals surface area contributed by atoms with Gasteiger partial charge in [-0.15, -0.1) is 0 Å². The van der Waals surface area contributed by atoms with Gasteiger partial charge >= 0.3 is 0 Å². The summed E-state index contributed by atoms with van der Waals surface area (Å²) in [5.41, 5.74) is 1.29. The maximum absolute atomic E-state index is 12.0. The molecule has 0 unspecified atom stereocenters. The summed E-state index contributed by atoms with van der Waals surface area (Å²) in [6.07, 6.45) is 1.57. The summed E-state index contributed by atoms with van der Waals surface area (Å²) in [6, 6.07) is 3.31. The average molecular weight is 224 g/mol. The molecule has 88 valence electrons. The molecule has 1 amide bonds. The van der Waals surface area contributed by atoms with Crippen molar-refractivity contribution >= 4 is 5.91 Å². The second-order valence-corrected chi connectivity index (χ2v) is 3.43. The minimum atomic E-state index is -0.200. The molecular formula is C11H16N2O3. The molecule has 0 bridgehead atoms. The zero-order valence-corrected chi connectivity index (χ0v) is 9.26. The lowest BCUT2D eigenvalue weighted by atomic mass is 10.2. The molecule has 16 heavy (non-hydrogen) atoms. The summed E-state index contributed by atoms with van der Waals surface area (Å²) in [7, 11) is 0. The van der Waals surface area contributed by atoms with Crippen molar-refractivity contribution in [3.63, 3.8) is 0 Å². The normalized spacial score (nSPS) is 10.2. The molecule has 0 atom stereocenters. The molecule has 0 aliphatic heterocycles. The number of amides is 1. The third-order valence-corrected chi connectivity index (χ3v) is 2.17. The van der Waals surface area contributed by atoms with E-state index in [0.717, 1.165) is 5.69 Å². The van der Waals surface area contributed by atoms with E-state index in [-0.39, 0.29) is 32.2 Å². The van der Waals surface area contributed by atoms with Crippen LogP contribution >= 0.6 is 0 Å². The molecule has 5 nitrogen and oxygen atoms in total. The van der Waals surface area contributed by atoms with Gasteiger partial charge in [-0.25, -0.2) is 0 Å². The van der Waals surface area contributed by atoms with E-state index in [2.05, 4.69) is 4.98 Å². The Kier molecular flexibility index (Phi) is 4.88. The molecule has 0 aromatic carbocycles. The van der Waals surface area contributed by atoms with Crippen LogP contribution < -0.4 is 0 Å². The van der Waals surface area contributed by atoms with Crippen LogP contribution in [0.5, 0.6) is 0 Å². The summed E-state index contributed by atoms with van der Waals surface area (Å²) >= 11 is 0. The molecule has 1 aromatic rings. The molecule has 0 saturated heterocycles. The van der Waals surface area contributed by atoms with E-state index in [9.17, 15) is 4.79 Å². The lowest BCUT2D eigenvalue weighted by Crippen LogP contribution is -2.35. The number of hydrogen-bond acceptors (Lipinski definition) is 4. The number of aliphatic hydroxyl groups excluding tert-OH is 2. The molecule has 0 aliphatic rings. The number of carbonyl (C=O) groups excluding carboxylic acids is 1. The van der Waals surface area contributed by atoms with E-state index in [1.165, 1.54) is 4.90 Å². The highest BCUT2D eigenvalue weighted by atomic mass is 16.3. The van der Waals surface area contributed by atoms with Gasteiger partial charge in [-0.2, -0.15) is 0 Å². The van der Waals surface area contributed by atoms with E-state index in [1.54, 1.807) is 25.3 Å². The summed E-state index contributed by atoms with van der Waals surface area (Å²) in [4.78, 5) is 17.4. The van der Waals surface area contributed by atoms with Crippen molar-refractivity contribution in [2.75, 3.05) is 26.3 Å². The van der Waals surface area contributed by atoms with Crippen LogP contribution in [0, 0.1) is 6.92 Å². The van der Waals surface area contributed by atoms with E-state index >= 15 is 0 Å². The van der Waals surface area contributed by atoms with Crippen LogP contribution in [0.4, 0.5) is 0 Å². The second kappa shape index (κ2) is 6.19. The molecule has 1 heterocycles. The largest absolute Gasteiger partial charge is 0.395 e. The number of carbonyl (C=O) groups is 1. The predicted molar refractivity (Wildman–Crippen MR) is 59.0 cm³/mol. The van der Waals surface area contributed by atoms with Gasteiger partial charge in [-0.3, -0.25) is 9.78 Å². The second-order valence-electron chi connectivity index (χ2n) is 3.43. The maximum atomic E-state index is 12.0. The molecule has 0 saturated carbocycles. The van der Waals surface area contributed by atoms with Crippen LogP contribution in [-0.4, -0.2) is 52.3 Å². The lowest BCUT2D eigenvalue weighted by molar-refractivity contribution is 0.0684. The van der Waals surface area contributed by atoms with Gasteiger partial charge < -0.3 is 15.1 Å². The highest BCUT2D eigenvalue weighted by Crippen LogP contribution is 2.05. The van der Waals surface area contributed by atoms with Gasteiger partial charge in [-0.05, 0) is 19.1 Å². The Bertz CT molecular complexity index is 349. The van der Waals surface area contributed by atoms with Crippen LogP contribution in [0.2, 0.25) is 0 Å². The number of hydrogen-bond donors (Lipinski definition) is 2. The Morgan fingerprint density at radius 3 is 2.50 bits per heavy atom. The van der Waals surface area contributed by atoms with Crippen molar-refractivity contribution in [2.24, 2.45) is 0 Å². The van der Waals surface area contributed by atoms with E-state index < -0.39 is 0 Å². The molecule has 1 aromatic heterocycles. The predicted octanol–water partition coefficient (Wildman–Crippen LogP) is -0.183. The Balaban J connectivity index is 2.81. The number of aromatic nitrogens is 1. The molecule has 1 rings (SSSR count). The molecule has 0 spiro atoms. The van der Waals surface area contributed by atoms with Crippen molar-refractivity contribution in [1.29, 1.82) is 0 Å². The van der Waals surface area contributed by atoms with Crippen LogP contribution in [0.1, 0.15) is 16.1 Å². The molecular weight excluding hydrogens is 208 g/mol. The minimum Gasteiger partial charge on any atom is -0.395 e. The first-order valence-electron chi connectivity index (χ1n) is 5.12. The fourth-order valence-corrected chi connectivity index (χ4v) is 1.42. The third kappa shape index (κ3) is 3.29. The van der Waals surface area contributed by atoms with Gasteiger partial charge in [0.1, 0.15) is 0 Å². The van der Waals surface area contributed by atoms with Crippen molar-refractivity contribution < 1.29 is 15.0 Å². The SMILES string of the molecule is Cc1cc(C(=O)N(CCO)CCO)ccn1. The lowest BCUT2D eigenvalue weighted by Gasteiger charge is -2.20. The summed E-state index contributed by atoms with van der Waals surface area (Å²) in [5.74, 6) is -0.200. The van der Waals surface area contributed by atoms with Crippen molar-refractivity contribution in [3.05, 3.63) is 29.6 Å². The van der Waals surface area contributed by atoms with Crippen LogP contribution in [0.3, 0.4) is 0 Å². The molecule has 2 N–H and O–H groups in total. The van der Waals surface area contributed by atoms with Crippen molar-refractivity contribution in [3.8, 4) is 0 Å². The Labute approximate surface area is 94.4 Å². The Hall–Kier alpha value is -1.46. The first-order valence-corrected chi connectivity index (χ1v) is 5.12. The Morgan fingerprint density at radius 1 is 1.38 bits per heavy atom. The molecule has 0 aliphatic carbocycles. The number of pyridine rings is 1. The average Bonchev–Trinajstić information content (AvgIpc) is 2.28. The first-order chi connectivity index (χ1) is 7.69. The topological polar surface area (TPSA) is 73.7 Å². The fraction of sp³-hybridized carbons (Fsp3) is 0.455. The first kappa shape index (κ1) is 12.6. The number of aryl methyl sites for hydroxylation is 1. The van der Waals surface area contributed by atoms with Gasteiger partial charge in [0.05, 0.1) is 13.2 Å². The van der Waals surface area contributed by atoms with Crippen LogP contribution in [0.25, 0.3) is 0 Å².